The number of para-hydroxylation sites is 1. The Balaban J connectivity index is 1.61. The molecule has 1 unspecified atom stereocenters. The zero-order valence-corrected chi connectivity index (χ0v) is 21.4. The standard InChI is InChI=1S/C31H29NO6/c1-3-5-8-18-37-23-11-9-10-21(19-23)27-26-28(33)24-12-6-7-13-25(24)38-29(26)30(34)32(27)22-16-14-20(15-17-22)31(35)36-4-2/h6-7,9-17,19,27H,3-5,8,18H2,1-2H3. The molecule has 0 saturated carbocycles. The van der Waals surface area contributed by atoms with E-state index in [-0.39, 0.29) is 23.4 Å². The molecule has 0 radical (unpaired) electrons. The van der Waals surface area contributed by atoms with Gasteiger partial charge in [0, 0.05) is 5.69 Å². The maximum absolute atomic E-state index is 13.8. The number of hydrogen-bond acceptors (Lipinski definition) is 6. The lowest BCUT2D eigenvalue weighted by molar-refractivity contribution is 0.0526. The Morgan fingerprint density at radius 3 is 2.50 bits per heavy atom. The van der Waals surface area contributed by atoms with E-state index < -0.39 is 17.9 Å². The first-order chi connectivity index (χ1) is 18.5. The minimum absolute atomic E-state index is 0.0161. The molecule has 1 aliphatic heterocycles. The van der Waals surface area contributed by atoms with Gasteiger partial charge in [-0.3, -0.25) is 14.5 Å². The number of benzene rings is 3. The van der Waals surface area contributed by atoms with Crippen LogP contribution in [0.25, 0.3) is 11.0 Å². The number of hydrogen-bond donors (Lipinski definition) is 0. The van der Waals surface area contributed by atoms with E-state index in [1.54, 1.807) is 60.4 Å². The highest BCUT2D eigenvalue weighted by Gasteiger charge is 2.43. The van der Waals surface area contributed by atoms with Crippen molar-refractivity contribution in [3.63, 3.8) is 0 Å². The van der Waals surface area contributed by atoms with Crippen LogP contribution in [0.15, 0.2) is 82.0 Å². The molecule has 194 valence electrons. The van der Waals surface area contributed by atoms with Crippen LogP contribution in [0.4, 0.5) is 5.69 Å². The van der Waals surface area contributed by atoms with Crippen molar-refractivity contribution >= 4 is 28.5 Å². The monoisotopic (exact) mass is 511 g/mol. The van der Waals surface area contributed by atoms with Gasteiger partial charge in [-0.2, -0.15) is 0 Å². The number of rotatable bonds is 9. The van der Waals surface area contributed by atoms with Crippen LogP contribution in [0.1, 0.15) is 71.2 Å². The smallest absolute Gasteiger partial charge is 0.338 e. The highest BCUT2D eigenvalue weighted by molar-refractivity contribution is 6.10. The molecule has 38 heavy (non-hydrogen) atoms. The Kier molecular flexibility index (Phi) is 7.26. The van der Waals surface area contributed by atoms with Gasteiger partial charge in [0.25, 0.3) is 5.91 Å². The largest absolute Gasteiger partial charge is 0.494 e. The fraction of sp³-hybridized carbons (Fsp3) is 0.258. The second kappa shape index (κ2) is 10.9. The summed E-state index contributed by atoms with van der Waals surface area (Å²) < 4.78 is 17.1. The quantitative estimate of drug-likeness (QED) is 0.194. The van der Waals surface area contributed by atoms with Crippen LogP contribution in [0.2, 0.25) is 0 Å². The maximum atomic E-state index is 13.8. The van der Waals surface area contributed by atoms with Crippen molar-refractivity contribution in [1.82, 2.24) is 0 Å². The molecule has 1 aromatic heterocycles. The average molecular weight is 512 g/mol. The van der Waals surface area contributed by atoms with E-state index in [1.165, 1.54) is 0 Å². The number of nitrogens with zero attached hydrogens (tertiary/aromatic N) is 1. The summed E-state index contributed by atoms with van der Waals surface area (Å²) in [5, 5.41) is 0.413. The van der Waals surface area contributed by atoms with Crippen molar-refractivity contribution in [2.75, 3.05) is 18.1 Å². The Morgan fingerprint density at radius 2 is 1.74 bits per heavy atom. The van der Waals surface area contributed by atoms with Gasteiger partial charge in [-0.15, -0.1) is 0 Å². The van der Waals surface area contributed by atoms with Crippen molar-refractivity contribution in [2.45, 2.75) is 39.2 Å². The van der Waals surface area contributed by atoms with Gasteiger partial charge in [-0.25, -0.2) is 4.79 Å². The molecule has 3 aromatic carbocycles. The van der Waals surface area contributed by atoms with Crippen LogP contribution in [-0.4, -0.2) is 25.1 Å². The SMILES string of the molecule is CCCCCOc1cccc(C2c3c(oc4ccccc4c3=O)C(=O)N2c2ccc(C(=O)OCC)cc2)c1. The zero-order chi connectivity index (χ0) is 26.6. The number of ether oxygens (including phenoxy) is 2. The minimum Gasteiger partial charge on any atom is -0.494 e. The van der Waals surface area contributed by atoms with Crippen molar-refractivity contribution in [1.29, 1.82) is 0 Å². The van der Waals surface area contributed by atoms with Gasteiger partial charge in [-0.05, 0) is 67.4 Å². The van der Waals surface area contributed by atoms with E-state index in [2.05, 4.69) is 6.92 Å². The topological polar surface area (TPSA) is 86.0 Å². The van der Waals surface area contributed by atoms with Crippen molar-refractivity contribution in [3.05, 3.63) is 105 Å². The molecule has 1 atom stereocenters. The summed E-state index contributed by atoms with van der Waals surface area (Å²) in [4.78, 5) is 41.3. The number of fused-ring (bicyclic) bond motifs is 2. The lowest BCUT2D eigenvalue weighted by Crippen LogP contribution is -2.29. The Labute approximate surface area is 220 Å². The van der Waals surface area contributed by atoms with E-state index in [1.807, 2.05) is 24.3 Å². The van der Waals surface area contributed by atoms with Gasteiger partial charge in [0.15, 0.2) is 5.43 Å². The van der Waals surface area contributed by atoms with Crippen LogP contribution in [-0.2, 0) is 4.74 Å². The summed E-state index contributed by atoms with van der Waals surface area (Å²) in [6, 6.07) is 20.2. The lowest BCUT2D eigenvalue weighted by atomic mass is 9.98. The van der Waals surface area contributed by atoms with E-state index >= 15 is 0 Å². The summed E-state index contributed by atoms with van der Waals surface area (Å²) in [6.45, 7) is 4.73. The predicted octanol–water partition coefficient (Wildman–Crippen LogP) is 6.29. The van der Waals surface area contributed by atoms with Gasteiger partial charge < -0.3 is 13.9 Å². The molecule has 0 N–H and O–H groups in total. The molecule has 0 aliphatic carbocycles. The Bertz CT molecular complexity index is 1540. The van der Waals surface area contributed by atoms with Gasteiger partial charge in [0.1, 0.15) is 11.3 Å². The van der Waals surface area contributed by atoms with E-state index in [0.717, 1.165) is 24.8 Å². The summed E-state index contributed by atoms with van der Waals surface area (Å²) >= 11 is 0. The molecular weight excluding hydrogens is 482 g/mol. The number of carbonyl (C=O) groups is 2. The van der Waals surface area contributed by atoms with Crippen molar-refractivity contribution < 1.29 is 23.5 Å². The second-order valence-electron chi connectivity index (χ2n) is 9.14. The molecule has 0 fully saturated rings. The second-order valence-corrected chi connectivity index (χ2v) is 9.14. The van der Waals surface area contributed by atoms with Crippen LogP contribution in [0.3, 0.4) is 0 Å². The molecule has 7 nitrogen and oxygen atoms in total. The molecule has 0 spiro atoms. The summed E-state index contributed by atoms with van der Waals surface area (Å²) in [7, 11) is 0. The first-order valence-corrected chi connectivity index (χ1v) is 12.9. The fourth-order valence-electron chi connectivity index (χ4n) is 4.79. The normalized spacial score (nSPS) is 14.5. The number of esters is 1. The number of carbonyl (C=O) groups excluding carboxylic acids is 2. The molecule has 1 aliphatic rings. The number of unbranched alkanes of at least 4 members (excludes halogenated alkanes) is 2. The first kappa shape index (κ1) is 25.3. The molecule has 5 rings (SSSR count). The van der Waals surface area contributed by atoms with Crippen LogP contribution in [0, 0.1) is 0 Å². The van der Waals surface area contributed by atoms with E-state index in [4.69, 9.17) is 13.9 Å². The maximum Gasteiger partial charge on any atom is 0.338 e. The predicted molar refractivity (Wildman–Crippen MR) is 145 cm³/mol. The number of anilines is 1. The highest BCUT2D eigenvalue weighted by atomic mass is 16.5. The zero-order valence-electron chi connectivity index (χ0n) is 21.4. The van der Waals surface area contributed by atoms with Gasteiger partial charge in [-0.1, -0.05) is 44.0 Å². The van der Waals surface area contributed by atoms with Crippen molar-refractivity contribution in [3.8, 4) is 5.75 Å². The molecular formula is C31H29NO6. The van der Waals surface area contributed by atoms with E-state index in [0.29, 0.717) is 34.6 Å². The third-order valence-electron chi connectivity index (χ3n) is 6.62. The fourth-order valence-corrected chi connectivity index (χ4v) is 4.79. The van der Waals surface area contributed by atoms with Crippen LogP contribution >= 0.6 is 0 Å². The average Bonchev–Trinajstić information content (AvgIpc) is 3.24. The Hall–Kier alpha value is -4.39. The molecule has 4 aromatic rings. The van der Waals surface area contributed by atoms with Crippen molar-refractivity contribution in [2.24, 2.45) is 0 Å². The van der Waals surface area contributed by atoms with Gasteiger partial charge >= 0.3 is 5.97 Å². The third-order valence-corrected chi connectivity index (χ3v) is 6.62. The first-order valence-electron chi connectivity index (χ1n) is 12.9. The summed E-state index contributed by atoms with van der Waals surface area (Å²) in [5.41, 5.74) is 2.01. The molecule has 1 amide bonds. The summed E-state index contributed by atoms with van der Waals surface area (Å²) in [6.07, 6.45) is 3.12. The van der Waals surface area contributed by atoms with Gasteiger partial charge in [0.2, 0.25) is 5.76 Å². The third kappa shape index (κ3) is 4.67. The molecule has 7 heteroatoms. The highest BCUT2D eigenvalue weighted by Crippen LogP contribution is 2.42. The Morgan fingerprint density at radius 1 is 0.947 bits per heavy atom. The lowest BCUT2D eigenvalue weighted by Gasteiger charge is -2.25. The van der Waals surface area contributed by atoms with E-state index in [9.17, 15) is 14.4 Å². The van der Waals surface area contributed by atoms with Crippen LogP contribution < -0.4 is 15.1 Å². The molecule has 2 heterocycles. The van der Waals surface area contributed by atoms with Gasteiger partial charge in [0.05, 0.1) is 35.8 Å². The number of amides is 1. The van der Waals surface area contributed by atoms with Crippen LogP contribution in [0.5, 0.6) is 5.75 Å². The molecule has 0 bridgehead atoms. The molecule has 0 saturated heterocycles. The minimum atomic E-state index is -0.731. The summed E-state index contributed by atoms with van der Waals surface area (Å²) in [5.74, 6) is -0.182.